The first-order chi connectivity index (χ1) is 9.26. The number of nitrogens with one attached hydrogen (secondary N) is 1. The summed E-state index contributed by atoms with van der Waals surface area (Å²) in [5.74, 6) is 0. The van der Waals surface area contributed by atoms with Crippen molar-refractivity contribution in [2.24, 2.45) is 0 Å². The second kappa shape index (κ2) is 6.65. The Labute approximate surface area is 121 Å². The third-order valence-corrected chi connectivity index (χ3v) is 5.29. The number of rotatable bonds is 6. The van der Waals surface area contributed by atoms with Gasteiger partial charge in [0.25, 0.3) is 0 Å². The van der Waals surface area contributed by atoms with E-state index in [0.717, 1.165) is 38.8 Å². The molecule has 5 heteroatoms. The van der Waals surface area contributed by atoms with E-state index in [0.29, 0.717) is 0 Å². The van der Waals surface area contributed by atoms with Crippen LogP contribution in [0.4, 0.5) is 13.2 Å². The van der Waals surface area contributed by atoms with Crippen LogP contribution >= 0.6 is 0 Å². The van der Waals surface area contributed by atoms with Gasteiger partial charge in [-0.1, -0.05) is 27.7 Å². The van der Waals surface area contributed by atoms with Crippen molar-refractivity contribution >= 4 is 0 Å². The number of halogens is 3. The molecule has 0 spiro atoms. The predicted octanol–water partition coefficient (Wildman–Crippen LogP) is 3.96. The van der Waals surface area contributed by atoms with Gasteiger partial charge in [-0.15, -0.1) is 0 Å². The zero-order chi connectivity index (χ0) is 15.4. The molecule has 20 heavy (non-hydrogen) atoms. The Kier molecular flexibility index (Phi) is 5.90. The van der Waals surface area contributed by atoms with Gasteiger partial charge in [0.15, 0.2) is 0 Å². The summed E-state index contributed by atoms with van der Waals surface area (Å²) in [5.41, 5.74) is -0.154. The topological polar surface area (TPSA) is 15.3 Å². The second-order valence-corrected chi connectivity index (χ2v) is 6.06. The van der Waals surface area contributed by atoms with Crippen LogP contribution in [-0.4, -0.2) is 41.8 Å². The lowest BCUT2D eigenvalue weighted by Gasteiger charge is -2.54. The van der Waals surface area contributed by atoms with E-state index in [1.54, 1.807) is 0 Å². The van der Waals surface area contributed by atoms with Gasteiger partial charge in [-0.2, -0.15) is 13.2 Å². The Bertz CT molecular complexity index is 294. The molecule has 0 aromatic heterocycles. The fourth-order valence-corrected chi connectivity index (χ4v) is 3.30. The van der Waals surface area contributed by atoms with Crippen molar-refractivity contribution in [1.29, 1.82) is 0 Å². The summed E-state index contributed by atoms with van der Waals surface area (Å²) in [7, 11) is 0. The molecule has 1 rings (SSSR count). The molecular formula is C15H29F3N2. The average molecular weight is 294 g/mol. The minimum atomic E-state index is -4.07. The molecule has 0 bridgehead atoms. The Balaban J connectivity index is 2.88. The molecule has 0 aromatic carbocycles. The van der Waals surface area contributed by atoms with E-state index in [2.05, 4.69) is 37.9 Å². The van der Waals surface area contributed by atoms with Crippen LogP contribution in [0.2, 0.25) is 0 Å². The van der Waals surface area contributed by atoms with E-state index >= 15 is 0 Å². The summed E-state index contributed by atoms with van der Waals surface area (Å²) in [4.78, 5) is 2.10. The third kappa shape index (κ3) is 3.88. The molecule has 1 saturated heterocycles. The van der Waals surface area contributed by atoms with Crippen molar-refractivity contribution in [1.82, 2.24) is 10.2 Å². The summed E-state index contributed by atoms with van der Waals surface area (Å²) in [6, 6.07) is 0. The van der Waals surface area contributed by atoms with Gasteiger partial charge in [0.1, 0.15) is 0 Å². The van der Waals surface area contributed by atoms with Crippen LogP contribution in [0.25, 0.3) is 0 Å². The van der Waals surface area contributed by atoms with Crippen molar-refractivity contribution < 1.29 is 13.2 Å². The zero-order valence-electron chi connectivity index (χ0n) is 13.2. The first kappa shape index (κ1) is 17.8. The highest BCUT2D eigenvalue weighted by Crippen LogP contribution is 2.34. The maximum Gasteiger partial charge on any atom is 0.390 e. The van der Waals surface area contributed by atoms with Crippen LogP contribution in [0.15, 0.2) is 0 Å². The number of nitrogens with zero attached hydrogens (tertiary/aromatic N) is 1. The van der Waals surface area contributed by atoms with Gasteiger partial charge in [0.05, 0.1) is 6.42 Å². The molecule has 1 heterocycles. The van der Waals surface area contributed by atoms with Gasteiger partial charge in [-0.05, 0) is 25.7 Å². The Morgan fingerprint density at radius 1 is 1.00 bits per heavy atom. The largest absolute Gasteiger partial charge is 0.390 e. The van der Waals surface area contributed by atoms with Crippen LogP contribution in [0.5, 0.6) is 0 Å². The van der Waals surface area contributed by atoms with Gasteiger partial charge >= 0.3 is 6.18 Å². The van der Waals surface area contributed by atoms with Gasteiger partial charge in [0, 0.05) is 30.7 Å². The Morgan fingerprint density at radius 3 is 1.95 bits per heavy atom. The zero-order valence-corrected chi connectivity index (χ0v) is 13.2. The first-order valence-corrected chi connectivity index (χ1v) is 7.83. The standard InChI is InChI=1S/C15H29F3N2/c1-5-13(6-2)12-20(10-9-15(16,17)18)14(7-3,8-4)11-19-13/h19H,5-12H2,1-4H3. The number of hydrogen-bond acceptors (Lipinski definition) is 2. The molecule has 0 unspecified atom stereocenters. The van der Waals surface area contributed by atoms with E-state index in [1.165, 1.54) is 0 Å². The molecule has 1 N–H and O–H groups in total. The van der Waals surface area contributed by atoms with E-state index in [1.807, 2.05) is 0 Å². The third-order valence-electron chi connectivity index (χ3n) is 5.29. The van der Waals surface area contributed by atoms with E-state index in [9.17, 15) is 13.2 Å². The Morgan fingerprint density at radius 2 is 1.55 bits per heavy atom. The lowest BCUT2D eigenvalue weighted by molar-refractivity contribution is -0.145. The molecule has 0 aliphatic carbocycles. The normalized spacial score (nSPS) is 22.9. The molecule has 0 atom stereocenters. The minimum Gasteiger partial charge on any atom is -0.308 e. The molecule has 2 nitrogen and oxygen atoms in total. The van der Waals surface area contributed by atoms with Crippen LogP contribution in [-0.2, 0) is 0 Å². The Hall–Kier alpha value is -0.290. The molecule has 1 fully saturated rings. The number of alkyl halides is 3. The molecule has 0 aromatic rings. The summed E-state index contributed by atoms with van der Waals surface area (Å²) in [6.07, 6.45) is -1.10. The summed E-state index contributed by atoms with van der Waals surface area (Å²) in [5, 5.41) is 3.63. The molecule has 0 saturated carbocycles. The number of piperazine rings is 1. The highest BCUT2D eigenvalue weighted by atomic mass is 19.4. The van der Waals surface area contributed by atoms with Gasteiger partial charge in [0.2, 0.25) is 0 Å². The van der Waals surface area contributed by atoms with Crippen molar-refractivity contribution in [3.05, 3.63) is 0 Å². The van der Waals surface area contributed by atoms with Crippen molar-refractivity contribution in [2.75, 3.05) is 19.6 Å². The summed E-state index contributed by atoms with van der Waals surface area (Å²) < 4.78 is 37.8. The van der Waals surface area contributed by atoms with Crippen molar-refractivity contribution in [2.45, 2.75) is 77.1 Å². The SMILES string of the molecule is CCC1(CC)CN(CCC(F)(F)F)C(CC)(CC)CN1. The van der Waals surface area contributed by atoms with Gasteiger partial charge in [-0.3, -0.25) is 4.90 Å². The fraction of sp³-hybridized carbons (Fsp3) is 1.00. The molecule has 0 radical (unpaired) electrons. The van der Waals surface area contributed by atoms with Gasteiger partial charge in [-0.25, -0.2) is 0 Å². The smallest absolute Gasteiger partial charge is 0.308 e. The van der Waals surface area contributed by atoms with Crippen LogP contribution < -0.4 is 5.32 Å². The van der Waals surface area contributed by atoms with Gasteiger partial charge < -0.3 is 5.32 Å². The first-order valence-electron chi connectivity index (χ1n) is 7.83. The average Bonchev–Trinajstić information content (AvgIpc) is 2.44. The predicted molar refractivity (Wildman–Crippen MR) is 76.9 cm³/mol. The van der Waals surface area contributed by atoms with Crippen molar-refractivity contribution in [3.63, 3.8) is 0 Å². The fourth-order valence-electron chi connectivity index (χ4n) is 3.30. The number of hydrogen-bond donors (Lipinski definition) is 1. The maximum absolute atomic E-state index is 12.6. The second-order valence-electron chi connectivity index (χ2n) is 6.06. The highest BCUT2D eigenvalue weighted by molar-refractivity contribution is 5.03. The van der Waals surface area contributed by atoms with Crippen molar-refractivity contribution in [3.8, 4) is 0 Å². The lowest BCUT2D eigenvalue weighted by Crippen LogP contribution is -2.69. The molecule has 1 aliphatic rings. The van der Waals surface area contributed by atoms with E-state index < -0.39 is 12.6 Å². The molecule has 120 valence electrons. The minimum absolute atomic E-state index is 0.0283. The molecule has 0 amide bonds. The molecule has 1 aliphatic heterocycles. The quantitative estimate of drug-likeness (QED) is 0.797. The van der Waals surface area contributed by atoms with Crippen LogP contribution in [0, 0.1) is 0 Å². The van der Waals surface area contributed by atoms with Crippen LogP contribution in [0.3, 0.4) is 0 Å². The highest BCUT2D eigenvalue weighted by Gasteiger charge is 2.45. The monoisotopic (exact) mass is 294 g/mol. The van der Waals surface area contributed by atoms with E-state index in [4.69, 9.17) is 0 Å². The summed E-state index contributed by atoms with van der Waals surface area (Å²) in [6.45, 7) is 10.0. The van der Waals surface area contributed by atoms with Crippen LogP contribution in [0.1, 0.15) is 59.8 Å². The van der Waals surface area contributed by atoms with E-state index in [-0.39, 0.29) is 17.6 Å². The molecular weight excluding hydrogens is 265 g/mol. The maximum atomic E-state index is 12.6. The lowest BCUT2D eigenvalue weighted by atomic mass is 9.80. The summed E-state index contributed by atoms with van der Waals surface area (Å²) >= 11 is 0.